The molecule has 0 bridgehead atoms. The number of rotatable bonds is 6. The quantitative estimate of drug-likeness (QED) is 0.767. The lowest BCUT2D eigenvalue weighted by molar-refractivity contribution is -0.144. The third-order valence-corrected chi connectivity index (χ3v) is 3.56. The molecule has 0 aliphatic carbocycles. The average molecular weight is 271 g/mol. The lowest BCUT2D eigenvalue weighted by Crippen LogP contribution is -2.44. The van der Waals surface area contributed by atoms with Crippen LogP contribution in [0, 0.1) is 0 Å². The van der Waals surface area contributed by atoms with Crippen LogP contribution in [-0.4, -0.2) is 60.4 Å². The number of carbonyl (C=O) groups is 2. The Kier molecular flexibility index (Phi) is 5.15. The van der Waals surface area contributed by atoms with Crippen molar-refractivity contribution in [2.24, 2.45) is 0 Å². The van der Waals surface area contributed by atoms with Crippen molar-refractivity contribution in [3.05, 3.63) is 0 Å². The Balaban J connectivity index is 1.90. The summed E-state index contributed by atoms with van der Waals surface area (Å²) in [6.07, 6.45) is 3.17. The molecular formula is C13H21NO5. The van der Waals surface area contributed by atoms with E-state index in [9.17, 15) is 9.59 Å². The summed E-state index contributed by atoms with van der Waals surface area (Å²) in [7, 11) is 0. The minimum atomic E-state index is -0.891. The molecule has 1 amide bonds. The van der Waals surface area contributed by atoms with Gasteiger partial charge in [0.15, 0.2) is 0 Å². The topological polar surface area (TPSA) is 76.1 Å². The second kappa shape index (κ2) is 6.86. The zero-order valence-corrected chi connectivity index (χ0v) is 11.0. The van der Waals surface area contributed by atoms with Crippen molar-refractivity contribution in [1.29, 1.82) is 0 Å². The largest absolute Gasteiger partial charge is 0.481 e. The first-order chi connectivity index (χ1) is 9.16. The second-order valence-electron chi connectivity index (χ2n) is 5.06. The van der Waals surface area contributed by atoms with E-state index < -0.39 is 12.1 Å². The highest BCUT2D eigenvalue weighted by atomic mass is 16.5. The van der Waals surface area contributed by atoms with Gasteiger partial charge in [-0.1, -0.05) is 0 Å². The summed E-state index contributed by atoms with van der Waals surface area (Å²) < 4.78 is 10.9. The zero-order valence-electron chi connectivity index (χ0n) is 11.0. The Hall–Kier alpha value is -1.14. The summed E-state index contributed by atoms with van der Waals surface area (Å²) in [5, 5.41) is 8.77. The number of carboxylic acid groups (broad SMARTS) is 1. The fourth-order valence-electron chi connectivity index (χ4n) is 2.53. The molecule has 2 rings (SSSR count). The zero-order chi connectivity index (χ0) is 13.7. The van der Waals surface area contributed by atoms with Gasteiger partial charge in [0.1, 0.15) is 6.10 Å². The van der Waals surface area contributed by atoms with Crippen LogP contribution in [0.25, 0.3) is 0 Å². The predicted octanol–water partition coefficient (Wildman–Crippen LogP) is 0.648. The van der Waals surface area contributed by atoms with Crippen molar-refractivity contribution in [2.45, 2.75) is 44.3 Å². The van der Waals surface area contributed by atoms with Crippen LogP contribution in [0.5, 0.6) is 0 Å². The number of carboxylic acids is 1. The number of hydrogen-bond donors (Lipinski definition) is 1. The van der Waals surface area contributed by atoms with Gasteiger partial charge in [0.05, 0.1) is 12.5 Å². The third-order valence-electron chi connectivity index (χ3n) is 3.56. The van der Waals surface area contributed by atoms with Crippen LogP contribution >= 0.6 is 0 Å². The lowest BCUT2D eigenvalue weighted by Gasteiger charge is -2.27. The molecule has 0 aromatic carbocycles. The van der Waals surface area contributed by atoms with Gasteiger partial charge in [-0.2, -0.15) is 0 Å². The molecule has 2 atom stereocenters. The number of aliphatic carboxylic acids is 1. The molecule has 0 unspecified atom stereocenters. The molecule has 19 heavy (non-hydrogen) atoms. The monoisotopic (exact) mass is 271 g/mol. The molecule has 0 radical (unpaired) electrons. The molecule has 108 valence electrons. The van der Waals surface area contributed by atoms with Crippen molar-refractivity contribution in [3.8, 4) is 0 Å². The van der Waals surface area contributed by atoms with Gasteiger partial charge in [-0.25, -0.2) is 0 Å². The fraction of sp³-hybridized carbons (Fsp3) is 0.846. The fourth-order valence-corrected chi connectivity index (χ4v) is 2.53. The van der Waals surface area contributed by atoms with Crippen molar-refractivity contribution in [3.63, 3.8) is 0 Å². The molecule has 2 fully saturated rings. The Labute approximate surface area is 112 Å². The van der Waals surface area contributed by atoms with E-state index in [1.165, 1.54) is 0 Å². The first-order valence-corrected chi connectivity index (χ1v) is 6.90. The van der Waals surface area contributed by atoms with Gasteiger partial charge in [0.2, 0.25) is 0 Å². The minimum absolute atomic E-state index is 0.0365. The molecule has 2 saturated heterocycles. The molecule has 0 spiro atoms. The Bertz CT molecular complexity index is 321. The smallest absolute Gasteiger partial charge is 0.305 e. The van der Waals surface area contributed by atoms with E-state index in [0.29, 0.717) is 13.2 Å². The van der Waals surface area contributed by atoms with Crippen LogP contribution in [0.4, 0.5) is 0 Å². The first kappa shape index (κ1) is 14.3. The van der Waals surface area contributed by atoms with Crippen molar-refractivity contribution in [2.75, 3.05) is 26.3 Å². The highest BCUT2D eigenvalue weighted by Crippen LogP contribution is 2.18. The van der Waals surface area contributed by atoms with E-state index in [-0.39, 0.29) is 25.0 Å². The molecule has 2 heterocycles. The van der Waals surface area contributed by atoms with E-state index in [1.54, 1.807) is 4.90 Å². The summed E-state index contributed by atoms with van der Waals surface area (Å²) in [4.78, 5) is 24.6. The summed E-state index contributed by atoms with van der Waals surface area (Å²) in [5.41, 5.74) is 0. The summed E-state index contributed by atoms with van der Waals surface area (Å²) in [5.74, 6) is -0.980. The van der Waals surface area contributed by atoms with E-state index in [2.05, 4.69) is 0 Å². The summed E-state index contributed by atoms with van der Waals surface area (Å²) in [6, 6.07) is 0. The average Bonchev–Trinajstić information content (AvgIpc) is 3.06. The summed E-state index contributed by atoms with van der Waals surface area (Å²) >= 11 is 0. The highest BCUT2D eigenvalue weighted by Gasteiger charge is 2.30. The van der Waals surface area contributed by atoms with Crippen molar-refractivity contribution >= 4 is 11.9 Å². The molecule has 1 N–H and O–H groups in total. The molecular weight excluding hydrogens is 250 g/mol. The molecule has 0 aromatic rings. The number of amides is 1. The minimum Gasteiger partial charge on any atom is -0.481 e. The molecule has 0 saturated carbocycles. The van der Waals surface area contributed by atoms with Gasteiger partial charge in [-0.3, -0.25) is 9.59 Å². The van der Waals surface area contributed by atoms with E-state index in [1.807, 2.05) is 0 Å². The predicted molar refractivity (Wildman–Crippen MR) is 66.8 cm³/mol. The van der Waals surface area contributed by atoms with Crippen LogP contribution in [0.2, 0.25) is 0 Å². The molecule has 2 aliphatic heterocycles. The number of ether oxygens (including phenoxy) is 2. The third kappa shape index (κ3) is 4.18. The standard InChI is InChI=1S/C13H21NO5/c15-12(16)5-6-14(9-10-3-1-7-18-10)13(17)11-4-2-8-19-11/h10-11H,1-9H2,(H,15,16)/t10-,11+/m0/s1. The Morgan fingerprint density at radius 1 is 1.16 bits per heavy atom. The maximum Gasteiger partial charge on any atom is 0.305 e. The van der Waals surface area contributed by atoms with Gasteiger partial charge in [-0.05, 0) is 25.7 Å². The van der Waals surface area contributed by atoms with Crippen LogP contribution in [-0.2, 0) is 19.1 Å². The van der Waals surface area contributed by atoms with E-state index in [4.69, 9.17) is 14.6 Å². The van der Waals surface area contributed by atoms with Crippen LogP contribution in [0.3, 0.4) is 0 Å². The lowest BCUT2D eigenvalue weighted by atomic mass is 10.1. The van der Waals surface area contributed by atoms with Crippen LogP contribution in [0.15, 0.2) is 0 Å². The molecule has 2 aliphatic rings. The number of carbonyl (C=O) groups excluding carboxylic acids is 1. The number of nitrogens with zero attached hydrogens (tertiary/aromatic N) is 1. The van der Waals surface area contributed by atoms with Crippen LogP contribution in [0.1, 0.15) is 32.1 Å². The highest BCUT2D eigenvalue weighted by molar-refractivity contribution is 5.81. The normalized spacial score (nSPS) is 26.5. The van der Waals surface area contributed by atoms with Gasteiger partial charge in [0, 0.05) is 26.3 Å². The van der Waals surface area contributed by atoms with Crippen molar-refractivity contribution in [1.82, 2.24) is 4.90 Å². The summed E-state index contributed by atoms with van der Waals surface area (Å²) in [6.45, 7) is 2.05. The molecule has 0 aromatic heterocycles. The van der Waals surface area contributed by atoms with Crippen molar-refractivity contribution < 1.29 is 24.2 Å². The van der Waals surface area contributed by atoms with Gasteiger partial charge < -0.3 is 19.5 Å². The number of hydrogen-bond acceptors (Lipinski definition) is 4. The van der Waals surface area contributed by atoms with Crippen LogP contribution < -0.4 is 0 Å². The van der Waals surface area contributed by atoms with E-state index >= 15 is 0 Å². The maximum absolute atomic E-state index is 12.3. The maximum atomic E-state index is 12.3. The van der Waals surface area contributed by atoms with Gasteiger partial charge in [-0.15, -0.1) is 0 Å². The van der Waals surface area contributed by atoms with Gasteiger partial charge in [0.25, 0.3) is 5.91 Å². The first-order valence-electron chi connectivity index (χ1n) is 6.90. The van der Waals surface area contributed by atoms with E-state index in [0.717, 1.165) is 32.3 Å². The molecule has 6 nitrogen and oxygen atoms in total. The Morgan fingerprint density at radius 3 is 2.47 bits per heavy atom. The van der Waals surface area contributed by atoms with Gasteiger partial charge >= 0.3 is 5.97 Å². The molecule has 6 heteroatoms. The Morgan fingerprint density at radius 2 is 1.89 bits per heavy atom. The second-order valence-corrected chi connectivity index (χ2v) is 5.06. The SMILES string of the molecule is O=C(O)CCN(C[C@@H]1CCCO1)C(=O)[C@H]1CCCO1.